The Hall–Kier alpha value is -1.89. The van der Waals surface area contributed by atoms with E-state index in [4.69, 9.17) is 4.42 Å². The maximum Gasteiger partial charge on any atom is 0.277 e. The van der Waals surface area contributed by atoms with E-state index < -0.39 is 11.1 Å². The van der Waals surface area contributed by atoms with E-state index in [0.717, 1.165) is 12.8 Å². The van der Waals surface area contributed by atoms with Crippen LogP contribution in [-0.4, -0.2) is 21.4 Å². The number of hydrogen-bond acceptors (Lipinski definition) is 5. The summed E-state index contributed by atoms with van der Waals surface area (Å²) in [6.07, 6.45) is 5.80. The fourth-order valence-corrected chi connectivity index (χ4v) is 3.47. The first-order chi connectivity index (χ1) is 11.6. The van der Waals surface area contributed by atoms with E-state index in [2.05, 4.69) is 15.5 Å². The first kappa shape index (κ1) is 17.0. The van der Waals surface area contributed by atoms with Crippen molar-refractivity contribution in [3.63, 3.8) is 0 Å². The molecule has 3 rings (SSSR count). The summed E-state index contributed by atoms with van der Waals surface area (Å²) in [5, 5.41) is 10.6. The number of para-hydroxylation sites is 1. The maximum atomic E-state index is 13.6. The summed E-state index contributed by atoms with van der Waals surface area (Å²) in [6, 6.07) is 6.08. The predicted molar refractivity (Wildman–Crippen MR) is 90.5 cm³/mol. The highest BCUT2D eigenvalue weighted by atomic mass is 32.2. The minimum atomic E-state index is -0.468. The molecule has 1 N–H and O–H groups in total. The molecule has 1 fully saturated rings. The van der Waals surface area contributed by atoms with Gasteiger partial charge in [-0.25, -0.2) is 4.39 Å². The lowest BCUT2D eigenvalue weighted by molar-refractivity contribution is -0.115. The highest BCUT2D eigenvalue weighted by Crippen LogP contribution is 2.33. The fourth-order valence-electron chi connectivity index (χ4n) is 2.78. The summed E-state index contributed by atoms with van der Waals surface area (Å²) < 4.78 is 19.3. The molecule has 1 saturated carbocycles. The summed E-state index contributed by atoms with van der Waals surface area (Å²) in [4.78, 5) is 12.2. The van der Waals surface area contributed by atoms with Gasteiger partial charge in [-0.1, -0.05) is 43.2 Å². The number of carbonyl (C=O) groups is 1. The van der Waals surface area contributed by atoms with Gasteiger partial charge < -0.3 is 9.73 Å². The number of hydrogen-bond donors (Lipinski definition) is 1. The Morgan fingerprint density at radius 2 is 2.04 bits per heavy atom. The molecule has 0 radical (unpaired) electrons. The van der Waals surface area contributed by atoms with Crippen molar-refractivity contribution in [3.8, 4) is 0 Å². The van der Waals surface area contributed by atoms with Gasteiger partial charge in [0.25, 0.3) is 5.22 Å². The van der Waals surface area contributed by atoms with E-state index in [1.807, 2.05) is 0 Å². The zero-order valence-electron chi connectivity index (χ0n) is 13.5. The Morgan fingerprint density at radius 3 is 2.79 bits per heavy atom. The molecule has 1 aromatic carbocycles. The maximum absolute atomic E-state index is 13.6. The second kappa shape index (κ2) is 7.79. The van der Waals surface area contributed by atoms with Crippen LogP contribution in [0.4, 0.5) is 10.1 Å². The van der Waals surface area contributed by atoms with E-state index in [0.29, 0.717) is 17.0 Å². The Kier molecular flexibility index (Phi) is 5.50. The van der Waals surface area contributed by atoms with Crippen LogP contribution in [0.1, 0.15) is 50.8 Å². The van der Waals surface area contributed by atoms with Gasteiger partial charge >= 0.3 is 0 Å². The normalized spacial score (nSPS) is 16.8. The van der Waals surface area contributed by atoms with E-state index in [1.165, 1.54) is 43.2 Å². The van der Waals surface area contributed by atoms with Crippen molar-refractivity contribution in [1.29, 1.82) is 0 Å². The molecule has 128 valence electrons. The summed E-state index contributed by atoms with van der Waals surface area (Å²) in [6.45, 7) is 1.73. The van der Waals surface area contributed by atoms with Crippen molar-refractivity contribution in [1.82, 2.24) is 10.2 Å². The quantitative estimate of drug-likeness (QED) is 0.812. The number of amides is 1. The SMILES string of the molecule is C[C@H](Sc1nnc(C2CCCCC2)o1)C(=O)Nc1ccccc1F. The largest absolute Gasteiger partial charge is 0.416 e. The highest BCUT2D eigenvalue weighted by Gasteiger charge is 2.23. The Bertz CT molecular complexity index is 701. The Labute approximate surface area is 144 Å². The summed E-state index contributed by atoms with van der Waals surface area (Å²) in [5.41, 5.74) is 0.170. The number of benzene rings is 1. The van der Waals surface area contributed by atoms with Gasteiger partial charge in [0.15, 0.2) is 0 Å². The average Bonchev–Trinajstić information content (AvgIpc) is 3.06. The van der Waals surface area contributed by atoms with Gasteiger partial charge in [0, 0.05) is 5.92 Å². The molecule has 1 aliphatic rings. The number of nitrogens with one attached hydrogen (secondary N) is 1. The van der Waals surface area contributed by atoms with Crippen molar-refractivity contribution in [2.24, 2.45) is 0 Å². The van der Waals surface area contributed by atoms with Crippen molar-refractivity contribution in [2.75, 3.05) is 5.32 Å². The van der Waals surface area contributed by atoms with Crippen LogP contribution in [0.25, 0.3) is 0 Å². The van der Waals surface area contributed by atoms with Crippen LogP contribution in [0.5, 0.6) is 0 Å². The standard InChI is InChI=1S/C17H20FN3O2S/c1-11(15(22)19-14-10-6-5-9-13(14)18)24-17-21-20-16(23-17)12-7-3-2-4-8-12/h5-6,9-12H,2-4,7-8H2,1H3,(H,19,22)/t11-/m0/s1. The molecule has 0 unspecified atom stereocenters. The number of rotatable bonds is 5. The molecule has 5 nitrogen and oxygen atoms in total. The van der Waals surface area contributed by atoms with Crippen LogP contribution in [0.2, 0.25) is 0 Å². The number of carbonyl (C=O) groups excluding carboxylic acids is 1. The molecule has 2 aromatic rings. The van der Waals surface area contributed by atoms with Crippen molar-refractivity contribution < 1.29 is 13.6 Å². The predicted octanol–water partition coefficient (Wildman–Crippen LogP) is 4.38. The molecule has 1 aliphatic carbocycles. The van der Waals surface area contributed by atoms with E-state index in [1.54, 1.807) is 19.1 Å². The number of halogens is 1. The molecular formula is C17H20FN3O2S. The van der Waals surface area contributed by atoms with Crippen LogP contribution < -0.4 is 5.32 Å². The van der Waals surface area contributed by atoms with Gasteiger partial charge in [-0.2, -0.15) is 0 Å². The lowest BCUT2D eigenvalue weighted by Gasteiger charge is -2.17. The Morgan fingerprint density at radius 1 is 1.29 bits per heavy atom. The van der Waals surface area contributed by atoms with Crippen molar-refractivity contribution in [3.05, 3.63) is 36.0 Å². The second-order valence-corrected chi connectivity index (χ2v) is 7.26. The van der Waals surface area contributed by atoms with Gasteiger partial charge in [-0.3, -0.25) is 4.79 Å². The van der Waals surface area contributed by atoms with E-state index in [9.17, 15) is 9.18 Å². The minimum absolute atomic E-state index is 0.170. The number of thioether (sulfide) groups is 1. The average molecular weight is 349 g/mol. The van der Waals surface area contributed by atoms with Gasteiger partial charge in [0.05, 0.1) is 10.9 Å². The summed E-state index contributed by atoms with van der Waals surface area (Å²) >= 11 is 1.19. The minimum Gasteiger partial charge on any atom is -0.416 e. The van der Waals surface area contributed by atoms with Gasteiger partial charge in [-0.05, 0) is 31.9 Å². The first-order valence-electron chi connectivity index (χ1n) is 8.19. The third-order valence-corrected chi connectivity index (χ3v) is 5.09. The molecule has 1 amide bonds. The number of nitrogens with zero attached hydrogens (tertiary/aromatic N) is 2. The third-order valence-electron chi connectivity index (χ3n) is 4.16. The molecule has 24 heavy (non-hydrogen) atoms. The van der Waals surface area contributed by atoms with Crippen LogP contribution in [0.3, 0.4) is 0 Å². The Balaban J connectivity index is 1.58. The van der Waals surface area contributed by atoms with Crippen LogP contribution >= 0.6 is 11.8 Å². The highest BCUT2D eigenvalue weighted by molar-refractivity contribution is 8.00. The zero-order valence-corrected chi connectivity index (χ0v) is 14.3. The number of aromatic nitrogens is 2. The lowest BCUT2D eigenvalue weighted by Crippen LogP contribution is -2.22. The third kappa shape index (κ3) is 4.14. The van der Waals surface area contributed by atoms with Crippen molar-refractivity contribution in [2.45, 2.75) is 55.4 Å². The molecule has 0 spiro atoms. The molecular weight excluding hydrogens is 329 g/mol. The molecule has 1 atom stereocenters. The molecule has 0 aliphatic heterocycles. The van der Waals surface area contributed by atoms with E-state index in [-0.39, 0.29) is 11.6 Å². The van der Waals surface area contributed by atoms with Gasteiger partial charge in [-0.15, -0.1) is 10.2 Å². The van der Waals surface area contributed by atoms with Gasteiger partial charge in [0.2, 0.25) is 11.8 Å². The first-order valence-corrected chi connectivity index (χ1v) is 9.07. The molecule has 1 aromatic heterocycles. The molecule has 1 heterocycles. The summed E-state index contributed by atoms with van der Waals surface area (Å²) in [7, 11) is 0. The zero-order chi connectivity index (χ0) is 16.9. The van der Waals surface area contributed by atoms with Crippen LogP contribution in [0.15, 0.2) is 33.9 Å². The summed E-state index contributed by atoms with van der Waals surface area (Å²) in [5.74, 6) is 0.241. The smallest absolute Gasteiger partial charge is 0.277 e. The number of anilines is 1. The van der Waals surface area contributed by atoms with Crippen molar-refractivity contribution >= 4 is 23.4 Å². The van der Waals surface area contributed by atoms with Gasteiger partial charge in [0.1, 0.15) is 5.82 Å². The lowest BCUT2D eigenvalue weighted by atomic mass is 9.89. The van der Waals surface area contributed by atoms with Crippen LogP contribution in [-0.2, 0) is 4.79 Å². The molecule has 7 heteroatoms. The monoisotopic (exact) mass is 349 g/mol. The van der Waals surface area contributed by atoms with E-state index >= 15 is 0 Å². The topological polar surface area (TPSA) is 68.0 Å². The molecule has 0 bridgehead atoms. The fraction of sp³-hybridized carbons (Fsp3) is 0.471. The van der Waals surface area contributed by atoms with Crippen LogP contribution in [0, 0.1) is 5.82 Å². The second-order valence-electron chi connectivity index (χ2n) is 5.97. The molecule has 0 saturated heterocycles.